The van der Waals surface area contributed by atoms with Gasteiger partial charge in [-0.1, -0.05) is 73.7 Å². The molecule has 1 saturated heterocycles. The van der Waals surface area contributed by atoms with Crippen molar-refractivity contribution in [2.45, 2.75) is 49.7 Å². The highest BCUT2D eigenvalue weighted by Gasteiger charge is 2.48. The molecular formula is C35H36ClN3O6S2. The first kappa shape index (κ1) is 34.3. The average Bonchev–Trinajstić information content (AvgIpc) is 3.64. The van der Waals surface area contributed by atoms with E-state index in [0.29, 0.717) is 62.6 Å². The minimum absolute atomic E-state index is 0.0710. The zero-order chi connectivity index (χ0) is 33.5. The van der Waals surface area contributed by atoms with Gasteiger partial charge < -0.3 is 19.3 Å². The zero-order valence-corrected chi connectivity index (χ0v) is 29.0. The molecule has 2 heterocycles. The number of hydrogen-bond donors (Lipinski definition) is 1. The number of carbonyl (C=O) groups excluding carboxylic acids is 2. The summed E-state index contributed by atoms with van der Waals surface area (Å²) in [7, 11) is 1.53. The number of ketones is 1. The van der Waals surface area contributed by atoms with Gasteiger partial charge >= 0.3 is 5.91 Å². The highest BCUT2D eigenvalue weighted by molar-refractivity contribution is 8.00. The lowest BCUT2D eigenvalue weighted by atomic mass is 9.95. The van der Waals surface area contributed by atoms with Gasteiger partial charge in [-0.25, -0.2) is 0 Å². The van der Waals surface area contributed by atoms with Crippen LogP contribution in [0.4, 0.5) is 5.13 Å². The molecule has 1 atom stereocenters. The number of aromatic nitrogens is 2. The second kappa shape index (κ2) is 15.7. The van der Waals surface area contributed by atoms with Crippen LogP contribution in [0.15, 0.2) is 76.6 Å². The van der Waals surface area contributed by atoms with Gasteiger partial charge in [0.2, 0.25) is 5.13 Å². The molecule has 0 spiro atoms. The molecule has 12 heteroatoms. The molecule has 1 aliphatic heterocycles. The Balaban J connectivity index is 1.53. The number of rotatable bonds is 14. The average molecular weight is 694 g/mol. The van der Waals surface area contributed by atoms with Crippen molar-refractivity contribution < 1.29 is 28.9 Å². The van der Waals surface area contributed by atoms with Crippen molar-refractivity contribution in [2.24, 2.45) is 5.92 Å². The molecular weight excluding hydrogens is 658 g/mol. The van der Waals surface area contributed by atoms with Crippen LogP contribution < -0.4 is 19.1 Å². The number of thioether (sulfide) groups is 1. The first-order valence-electron chi connectivity index (χ1n) is 15.3. The number of halogens is 1. The molecule has 4 aromatic rings. The van der Waals surface area contributed by atoms with E-state index in [9.17, 15) is 14.7 Å². The second-order valence-electron chi connectivity index (χ2n) is 11.2. The highest BCUT2D eigenvalue weighted by atomic mass is 35.5. The fourth-order valence-corrected chi connectivity index (χ4v) is 6.84. The predicted molar refractivity (Wildman–Crippen MR) is 186 cm³/mol. The number of carbonyl (C=O) groups is 2. The summed E-state index contributed by atoms with van der Waals surface area (Å²) >= 11 is 8.67. The fraction of sp³-hybridized carbons (Fsp3) is 0.314. The van der Waals surface area contributed by atoms with Crippen LogP contribution in [0.2, 0.25) is 5.02 Å². The summed E-state index contributed by atoms with van der Waals surface area (Å²) in [6.45, 7) is 7.31. The number of ether oxygens (including phenoxy) is 3. The topological polar surface area (TPSA) is 111 Å². The number of amides is 1. The minimum atomic E-state index is -1.01. The number of benzene rings is 3. The quantitative estimate of drug-likeness (QED) is 0.0458. The highest BCUT2D eigenvalue weighted by Crippen LogP contribution is 2.45. The number of methoxy groups -OCH3 is 1. The monoisotopic (exact) mass is 693 g/mol. The van der Waals surface area contributed by atoms with Gasteiger partial charge in [0.25, 0.3) is 5.78 Å². The van der Waals surface area contributed by atoms with Gasteiger partial charge in [-0.2, -0.15) is 0 Å². The molecule has 0 saturated carbocycles. The molecule has 0 radical (unpaired) electrons. The summed E-state index contributed by atoms with van der Waals surface area (Å²) in [6, 6.07) is 18.5. The number of aliphatic hydroxyl groups is 1. The van der Waals surface area contributed by atoms with Crippen molar-refractivity contribution in [3.63, 3.8) is 0 Å². The SMILES string of the molecule is CCCOc1ccc(/C(O)=C2/C(=O)C(=O)N(c3nnc(SCc4ccc(Cl)cc4)s3)C2c2ccc(OCCC(C)C)c(OC)c2)cc1. The minimum Gasteiger partial charge on any atom is -0.507 e. The van der Waals surface area contributed by atoms with E-state index in [1.807, 2.05) is 31.2 Å². The van der Waals surface area contributed by atoms with Crippen LogP contribution in [-0.2, 0) is 15.3 Å². The molecule has 3 aromatic carbocycles. The van der Waals surface area contributed by atoms with Crippen molar-refractivity contribution in [3.8, 4) is 17.2 Å². The van der Waals surface area contributed by atoms with Crippen LogP contribution in [-0.4, -0.2) is 47.3 Å². The Labute approximate surface area is 287 Å². The van der Waals surface area contributed by atoms with Crippen LogP contribution in [0.1, 0.15) is 56.3 Å². The predicted octanol–water partition coefficient (Wildman–Crippen LogP) is 8.33. The third-order valence-electron chi connectivity index (χ3n) is 7.38. The summed E-state index contributed by atoms with van der Waals surface area (Å²) in [5.41, 5.74) is 1.88. The summed E-state index contributed by atoms with van der Waals surface area (Å²) in [4.78, 5) is 28.7. The van der Waals surface area contributed by atoms with Crippen molar-refractivity contribution in [3.05, 3.63) is 94.0 Å². The van der Waals surface area contributed by atoms with E-state index in [1.54, 1.807) is 42.5 Å². The summed E-state index contributed by atoms with van der Waals surface area (Å²) in [6.07, 6.45) is 1.71. The van der Waals surface area contributed by atoms with Crippen LogP contribution in [0, 0.1) is 5.92 Å². The molecule has 47 heavy (non-hydrogen) atoms. The fourth-order valence-electron chi connectivity index (χ4n) is 4.89. The Morgan fingerprint density at radius 3 is 2.43 bits per heavy atom. The molecule has 0 bridgehead atoms. The largest absolute Gasteiger partial charge is 0.507 e. The van der Waals surface area contributed by atoms with Gasteiger partial charge in [-0.3, -0.25) is 14.5 Å². The van der Waals surface area contributed by atoms with Gasteiger partial charge in [0, 0.05) is 16.3 Å². The standard InChI is InChI=1S/C35H36ClN3O6S2/c1-5-17-44-26-13-8-23(9-14-26)31(40)29-30(24-10-15-27(28(19-24)43-4)45-18-16-21(2)3)39(33(42)32(29)41)34-37-38-35(47-34)46-20-22-6-11-25(36)12-7-22/h6-15,19,21,30,40H,5,16-18,20H2,1-4H3/b31-29-. The van der Waals surface area contributed by atoms with E-state index in [1.165, 1.54) is 35.1 Å². The maximum atomic E-state index is 13.7. The Bertz CT molecular complexity index is 1740. The summed E-state index contributed by atoms with van der Waals surface area (Å²) in [5.74, 6) is 0.724. The van der Waals surface area contributed by atoms with E-state index in [-0.39, 0.29) is 16.5 Å². The lowest BCUT2D eigenvalue weighted by molar-refractivity contribution is -0.132. The van der Waals surface area contributed by atoms with E-state index in [4.69, 9.17) is 25.8 Å². The molecule has 5 rings (SSSR count). The number of anilines is 1. The van der Waals surface area contributed by atoms with Crippen LogP contribution in [0.5, 0.6) is 17.2 Å². The number of nitrogens with zero attached hydrogens (tertiary/aromatic N) is 3. The van der Waals surface area contributed by atoms with Gasteiger partial charge in [0.1, 0.15) is 11.5 Å². The Morgan fingerprint density at radius 1 is 1.00 bits per heavy atom. The normalized spacial score (nSPS) is 15.8. The van der Waals surface area contributed by atoms with E-state index >= 15 is 0 Å². The molecule has 1 N–H and O–H groups in total. The van der Waals surface area contributed by atoms with Crippen LogP contribution >= 0.6 is 34.7 Å². The molecule has 1 unspecified atom stereocenters. The molecule has 1 aliphatic rings. The first-order valence-corrected chi connectivity index (χ1v) is 17.4. The first-order chi connectivity index (χ1) is 22.7. The van der Waals surface area contributed by atoms with Gasteiger partial charge in [0.05, 0.1) is 31.9 Å². The zero-order valence-electron chi connectivity index (χ0n) is 26.6. The van der Waals surface area contributed by atoms with E-state index in [0.717, 1.165) is 18.4 Å². The Morgan fingerprint density at radius 2 is 1.74 bits per heavy atom. The maximum Gasteiger partial charge on any atom is 0.301 e. The summed E-state index contributed by atoms with van der Waals surface area (Å²) in [5, 5.41) is 21.1. The van der Waals surface area contributed by atoms with Crippen LogP contribution in [0.25, 0.3) is 5.76 Å². The van der Waals surface area contributed by atoms with E-state index in [2.05, 4.69) is 24.0 Å². The van der Waals surface area contributed by atoms with Crippen molar-refractivity contribution >= 4 is 57.3 Å². The second-order valence-corrected chi connectivity index (χ2v) is 13.9. The molecule has 246 valence electrons. The van der Waals surface area contributed by atoms with Crippen LogP contribution in [0.3, 0.4) is 0 Å². The van der Waals surface area contributed by atoms with Gasteiger partial charge in [0.15, 0.2) is 15.8 Å². The number of hydrogen-bond acceptors (Lipinski definition) is 10. The maximum absolute atomic E-state index is 13.7. The number of aliphatic hydroxyl groups excluding tert-OH is 1. The number of Topliss-reactive ketones (excluding diaryl/α,β-unsaturated/α-hetero) is 1. The molecule has 9 nitrogen and oxygen atoms in total. The molecule has 1 fully saturated rings. The Hall–Kier alpha value is -4.06. The van der Waals surface area contributed by atoms with Crippen molar-refractivity contribution in [1.29, 1.82) is 0 Å². The third-order valence-corrected chi connectivity index (χ3v) is 9.76. The lowest BCUT2D eigenvalue weighted by Gasteiger charge is -2.23. The van der Waals surface area contributed by atoms with Crippen molar-refractivity contribution in [1.82, 2.24) is 10.2 Å². The van der Waals surface area contributed by atoms with Gasteiger partial charge in [-0.15, -0.1) is 10.2 Å². The third kappa shape index (κ3) is 8.09. The van der Waals surface area contributed by atoms with Gasteiger partial charge in [-0.05, 0) is 78.4 Å². The molecule has 1 aromatic heterocycles. The van der Waals surface area contributed by atoms with E-state index < -0.39 is 17.7 Å². The molecule has 1 amide bonds. The summed E-state index contributed by atoms with van der Waals surface area (Å²) < 4.78 is 17.9. The lowest BCUT2D eigenvalue weighted by Crippen LogP contribution is -2.29. The van der Waals surface area contributed by atoms with Crippen molar-refractivity contribution in [2.75, 3.05) is 25.2 Å². The Kier molecular flexibility index (Phi) is 11.4. The molecule has 0 aliphatic carbocycles. The smallest absolute Gasteiger partial charge is 0.301 e.